The summed E-state index contributed by atoms with van der Waals surface area (Å²) in [5, 5.41) is 9.36. The summed E-state index contributed by atoms with van der Waals surface area (Å²) < 4.78 is 4.72. The molecule has 0 saturated carbocycles. The molecule has 1 N–H and O–H groups in total. The van der Waals surface area contributed by atoms with Gasteiger partial charge in [-0.2, -0.15) is 0 Å². The molecule has 0 saturated heterocycles. The summed E-state index contributed by atoms with van der Waals surface area (Å²) in [6, 6.07) is 6.21. The quantitative estimate of drug-likeness (QED) is 0.849. The monoisotopic (exact) mass is 305 g/mol. The predicted octanol–water partition coefficient (Wildman–Crippen LogP) is 3.22. The number of fused-ring (bicyclic) bond motifs is 1. The first-order chi connectivity index (χ1) is 10.4. The van der Waals surface area contributed by atoms with Crippen LogP contribution in [0, 0.1) is 0 Å². The number of esters is 1. The molecule has 0 aromatic heterocycles. The van der Waals surface area contributed by atoms with Gasteiger partial charge in [-0.15, -0.1) is 0 Å². The third-order valence-corrected chi connectivity index (χ3v) is 4.62. The van der Waals surface area contributed by atoms with Crippen molar-refractivity contribution in [2.75, 3.05) is 18.6 Å². The van der Waals surface area contributed by atoms with Crippen molar-refractivity contribution in [3.05, 3.63) is 29.3 Å². The van der Waals surface area contributed by atoms with Crippen LogP contribution in [0.2, 0.25) is 0 Å². The zero-order valence-corrected chi connectivity index (χ0v) is 14.1. The average molecular weight is 305 g/mol. The molecule has 2 rings (SSSR count). The van der Waals surface area contributed by atoms with E-state index in [1.807, 2.05) is 6.07 Å². The van der Waals surface area contributed by atoms with Crippen LogP contribution in [-0.4, -0.2) is 30.3 Å². The van der Waals surface area contributed by atoms with E-state index in [2.05, 4.69) is 37.8 Å². The average Bonchev–Trinajstić information content (AvgIpc) is 2.49. The molecule has 4 nitrogen and oxygen atoms in total. The maximum atomic E-state index is 11.3. The lowest BCUT2D eigenvalue weighted by molar-refractivity contribution is -0.140. The summed E-state index contributed by atoms with van der Waals surface area (Å²) >= 11 is 0. The van der Waals surface area contributed by atoms with E-state index in [-0.39, 0.29) is 18.1 Å². The van der Waals surface area contributed by atoms with Gasteiger partial charge in [-0.05, 0) is 49.8 Å². The Morgan fingerprint density at radius 3 is 2.82 bits per heavy atom. The normalized spacial score (nSPS) is 19.7. The van der Waals surface area contributed by atoms with Gasteiger partial charge in [0.15, 0.2) is 0 Å². The van der Waals surface area contributed by atoms with Crippen LogP contribution in [0.1, 0.15) is 57.1 Å². The molecule has 0 fully saturated rings. The molecular weight excluding hydrogens is 278 g/mol. The molecule has 0 spiro atoms. The van der Waals surface area contributed by atoms with Gasteiger partial charge in [0.25, 0.3) is 0 Å². The van der Waals surface area contributed by atoms with E-state index in [1.165, 1.54) is 18.4 Å². The largest absolute Gasteiger partial charge is 0.469 e. The SMILES string of the molecule is COC(=O)CCCN1c2ccc(CO)cc2C(C)CC1(C)C. The number of hydrogen-bond donors (Lipinski definition) is 1. The van der Waals surface area contributed by atoms with Gasteiger partial charge >= 0.3 is 5.97 Å². The highest BCUT2D eigenvalue weighted by Crippen LogP contribution is 2.43. The molecule has 1 atom stereocenters. The number of anilines is 1. The number of aliphatic hydroxyl groups excluding tert-OH is 1. The number of rotatable bonds is 5. The van der Waals surface area contributed by atoms with Crippen molar-refractivity contribution in [3.63, 3.8) is 0 Å². The van der Waals surface area contributed by atoms with Crippen LogP contribution in [0.25, 0.3) is 0 Å². The van der Waals surface area contributed by atoms with E-state index in [0.717, 1.165) is 24.9 Å². The molecule has 1 heterocycles. The number of ether oxygens (including phenoxy) is 1. The molecule has 1 aromatic rings. The number of nitrogens with zero attached hydrogens (tertiary/aromatic N) is 1. The third kappa shape index (κ3) is 3.43. The fourth-order valence-electron chi connectivity index (χ4n) is 3.55. The van der Waals surface area contributed by atoms with Gasteiger partial charge in [0.05, 0.1) is 13.7 Å². The van der Waals surface area contributed by atoms with Gasteiger partial charge < -0.3 is 14.7 Å². The fourth-order valence-corrected chi connectivity index (χ4v) is 3.55. The molecule has 1 unspecified atom stereocenters. The minimum atomic E-state index is -0.154. The van der Waals surface area contributed by atoms with Crippen LogP contribution in [0.5, 0.6) is 0 Å². The van der Waals surface area contributed by atoms with Crippen LogP contribution in [0.3, 0.4) is 0 Å². The van der Waals surface area contributed by atoms with Crippen molar-refractivity contribution in [1.82, 2.24) is 0 Å². The van der Waals surface area contributed by atoms with Gasteiger partial charge in [0.2, 0.25) is 0 Å². The number of benzene rings is 1. The molecule has 1 aliphatic heterocycles. The lowest BCUT2D eigenvalue weighted by Crippen LogP contribution is -2.48. The van der Waals surface area contributed by atoms with Gasteiger partial charge in [0.1, 0.15) is 0 Å². The minimum absolute atomic E-state index is 0.0588. The molecule has 0 bridgehead atoms. The second-order valence-electron chi connectivity index (χ2n) is 6.80. The van der Waals surface area contributed by atoms with Gasteiger partial charge in [-0.25, -0.2) is 0 Å². The Hall–Kier alpha value is -1.55. The summed E-state index contributed by atoms with van der Waals surface area (Å²) in [5.41, 5.74) is 3.54. The zero-order valence-electron chi connectivity index (χ0n) is 14.1. The smallest absolute Gasteiger partial charge is 0.305 e. The third-order valence-electron chi connectivity index (χ3n) is 4.62. The van der Waals surface area contributed by atoms with Crippen LogP contribution in [0.15, 0.2) is 18.2 Å². The molecule has 1 aliphatic rings. The molecule has 0 radical (unpaired) electrons. The van der Waals surface area contributed by atoms with Crippen molar-refractivity contribution in [3.8, 4) is 0 Å². The highest BCUT2D eigenvalue weighted by molar-refractivity contribution is 5.69. The lowest BCUT2D eigenvalue weighted by Gasteiger charge is -2.47. The van der Waals surface area contributed by atoms with Crippen molar-refractivity contribution in [1.29, 1.82) is 0 Å². The lowest BCUT2D eigenvalue weighted by atomic mass is 9.79. The molecule has 22 heavy (non-hydrogen) atoms. The number of methoxy groups -OCH3 is 1. The number of aliphatic hydroxyl groups is 1. The zero-order chi connectivity index (χ0) is 16.3. The van der Waals surface area contributed by atoms with Gasteiger partial charge in [-0.1, -0.05) is 19.1 Å². The van der Waals surface area contributed by atoms with E-state index in [0.29, 0.717) is 12.3 Å². The fraction of sp³-hybridized carbons (Fsp3) is 0.611. The molecule has 1 aromatic carbocycles. The van der Waals surface area contributed by atoms with Crippen molar-refractivity contribution >= 4 is 11.7 Å². The standard InChI is InChI=1S/C18H27NO3/c1-13-11-18(2,3)19(9-5-6-17(21)22-4)16-8-7-14(12-20)10-15(13)16/h7-8,10,13,20H,5-6,9,11-12H2,1-4H3. The van der Waals surface area contributed by atoms with Crippen molar-refractivity contribution < 1.29 is 14.6 Å². The minimum Gasteiger partial charge on any atom is -0.469 e. The number of carbonyl (C=O) groups excluding carboxylic acids is 1. The van der Waals surface area contributed by atoms with Crippen LogP contribution < -0.4 is 4.90 Å². The molecule has 0 amide bonds. The van der Waals surface area contributed by atoms with Gasteiger partial charge in [-0.3, -0.25) is 4.79 Å². The topological polar surface area (TPSA) is 49.8 Å². The molecule has 0 aliphatic carbocycles. The first kappa shape index (κ1) is 16.8. The van der Waals surface area contributed by atoms with Crippen molar-refractivity contribution in [2.45, 2.75) is 58.1 Å². The first-order valence-electron chi connectivity index (χ1n) is 7.97. The van der Waals surface area contributed by atoms with E-state index < -0.39 is 0 Å². The van der Waals surface area contributed by atoms with E-state index >= 15 is 0 Å². The van der Waals surface area contributed by atoms with E-state index in [1.54, 1.807) is 0 Å². The highest BCUT2D eigenvalue weighted by Gasteiger charge is 2.36. The Morgan fingerprint density at radius 1 is 1.45 bits per heavy atom. The Balaban J connectivity index is 2.24. The maximum Gasteiger partial charge on any atom is 0.305 e. The van der Waals surface area contributed by atoms with Gasteiger partial charge in [0, 0.05) is 24.2 Å². The number of carbonyl (C=O) groups is 1. The molecule has 4 heteroatoms. The number of hydrogen-bond acceptors (Lipinski definition) is 4. The van der Waals surface area contributed by atoms with Crippen LogP contribution in [0.4, 0.5) is 5.69 Å². The molecular formula is C18H27NO3. The Labute approximate surface area is 133 Å². The summed E-state index contributed by atoms with van der Waals surface area (Å²) in [6.45, 7) is 7.66. The van der Waals surface area contributed by atoms with Crippen molar-refractivity contribution in [2.24, 2.45) is 0 Å². The Kier molecular flexibility index (Phi) is 5.12. The second-order valence-corrected chi connectivity index (χ2v) is 6.80. The molecule has 122 valence electrons. The maximum absolute atomic E-state index is 11.3. The van der Waals surface area contributed by atoms with E-state index in [4.69, 9.17) is 4.74 Å². The van der Waals surface area contributed by atoms with E-state index in [9.17, 15) is 9.90 Å². The predicted molar refractivity (Wildman–Crippen MR) is 88.1 cm³/mol. The Morgan fingerprint density at radius 2 is 2.18 bits per heavy atom. The highest BCUT2D eigenvalue weighted by atomic mass is 16.5. The van der Waals surface area contributed by atoms with Crippen LogP contribution >= 0.6 is 0 Å². The summed E-state index contributed by atoms with van der Waals surface area (Å²) in [6.07, 6.45) is 2.29. The van der Waals surface area contributed by atoms with Crippen LogP contribution in [-0.2, 0) is 16.1 Å². The summed E-state index contributed by atoms with van der Waals surface area (Å²) in [7, 11) is 1.43. The summed E-state index contributed by atoms with van der Waals surface area (Å²) in [5.74, 6) is 0.312. The summed E-state index contributed by atoms with van der Waals surface area (Å²) in [4.78, 5) is 13.7. The Bertz CT molecular complexity index is 539. The second kappa shape index (κ2) is 6.69. The first-order valence-corrected chi connectivity index (χ1v) is 7.97.